The van der Waals surface area contributed by atoms with Gasteiger partial charge in [0.1, 0.15) is 0 Å². The van der Waals surface area contributed by atoms with Crippen molar-refractivity contribution in [3.05, 3.63) is 90.0 Å². The fraction of sp³-hybridized carbons (Fsp3) is 0.136. The van der Waals surface area contributed by atoms with Crippen LogP contribution in [0.15, 0.2) is 88.7 Å². The summed E-state index contributed by atoms with van der Waals surface area (Å²) in [5, 5.41) is 2.94. The van der Waals surface area contributed by atoms with Crippen LogP contribution in [-0.4, -0.2) is 20.6 Å². The summed E-state index contributed by atoms with van der Waals surface area (Å²) in [5.74, 6) is -0.219. The number of nitrogens with one attached hydrogen (secondary N) is 2. The van der Waals surface area contributed by atoms with Crippen molar-refractivity contribution in [2.45, 2.75) is 22.8 Å². The standard InChI is InChI=1S/C22H22N2O3S2/c1-16(17-6-4-3-5-7-17)23-22(25)18-8-10-19(11-9-18)24-29(26,27)21-14-12-20(28-2)13-15-21/h3-16,24H,1-2H3,(H,23,25)/t16-/m1/s1. The van der Waals surface area contributed by atoms with Crippen molar-refractivity contribution in [2.75, 3.05) is 11.0 Å². The number of carbonyl (C=O) groups is 1. The third kappa shape index (κ3) is 5.40. The maximum Gasteiger partial charge on any atom is 0.261 e. The number of anilines is 1. The Morgan fingerprint density at radius 1 is 0.897 bits per heavy atom. The number of thioether (sulfide) groups is 1. The van der Waals surface area contributed by atoms with Crippen molar-refractivity contribution < 1.29 is 13.2 Å². The maximum atomic E-state index is 12.5. The van der Waals surface area contributed by atoms with Crippen molar-refractivity contribution >= 4 is 33.4 Å². The van der Waals surface area contributed by atoms with E-state index in [1.54, 1.807) is 60.3 Å². The van der Waals surface area contributed by atoms with E-state index >= 15 is 0 Å². The highest BCUT2D eigenvalue weighted by Crippen LogP contribution is 2.21. The van der Waals surface area contributed by atoms with Gasteiger partial charge in [0.25, 0.3) is 15.9 Å². The molecule has 0 fully saturated rings. The van der Waals surface area contributed by atoms with Crippen LogP contribution in [0.4, 0.5) is 5.69 Å². The van der Waals surface area contributed by atoms with E-state index in [1.807, 2.05) is 43.5 Å². The molecule has 0 saturated heterocycles. The zero-order chi connectivity index (χ0) is 20.9. The van der Waals surface area contributed by atoms with Gasteiger partial charge in [-0.25, -0.2) is 8.42 Å². The highest BCUT2D eigenvalue weighted by Gasteiger charge is 2.15. The van der Waals surface area contributed by atoms with Crippen LogP contribution < -0.4 is 10.0 Å². The molecule has 7 heteroatoms. The molecule has 0 radical (unpaired) electrons. The first-order valence-electron chi connectivity index (χ1n) is 9.02. The summed E-state index contributed by atoms with van der Waals surface area (Å²) in [7, 11) is -3.69. The van der Waals surface area contributed by atoms with E-state index in [0.717, 1.165) is 10.5 Å². The van der Waals surface area contributed by atoms with Gasteiger partial charge in [0.15, 0.2) is 0 Å². The molecule has 3 aromatic rings. The number of carbonyl (C=O) groups excluding carboxylic acids is 1. The summed E-state index contributed by atoms with van der Waals surface area (Å²) in [4.78, 5) is 13.6. The summed E-state index contributed by atoms with van der Waals surface area (Å²) < 4.78 is 27.6. The first kappa shape index (κ1) is 21.0. The molecule has 0 aliphatic rings. The fourth-order valence-electron chi connectivity index (χ4n) is 2.76. The maximum absolute atomic E-state index is 12.5. The lowest BCUT2D eigenvalue weighted by Crippen LogP contribution is -2.26. The second-order valence-corrected chi connectivity index (χ2v) is 9.03. The molecule has 29 heavy (non-hydrogen) atoms. The van der Waals surface area contributed by atoms with Gasteiger partial charge in [-0.2, -0.15) is 0 Å². The average molecular weight is 427 g/mol. The summed E-state index contributed by atoms with van der Waals surface area (Å²) >= 11 is 1.55. The molecule has 1 amide bonds. The first-order valence-corrected chi connectivity index (χ1v) is 11.7. The minimum atomic E-state index is -3.69. The van der Waals surface area contributed by atoms with Gasteiger partial charge in [0, 0.05) is 16.1 Å². The van der Waals surface area contributed by atoms with E-state index in [4.69, 9.17) is 0 Å². The monoisotopic (exact) mass is 426 g/mol. The van der Waals surface area contributed by atoms with Crippen LogP contribution >= 0.6 is 11.8 Å². The molecule has 2 N–H and O–H groups in total. The fourth-order valence-corrected chi connectivity index (χ4v) is 4.23. The van der Waals surface area contributed by atoms with Crippen molar-refractivity contribution in [1.82, 2.24) is 5.32 Å². The van der Waals surface area contributed by atoms with Gasteiger partial charge in [-0.1, -0.05) is 30.3 Å². The number of hydrogen-bond acceptors (Lipinski definition) is 4. The molecular formula is C22H22N2O3S2. The average Bonchev–Trinajstić information content (AvgIpc) is 2.74. The van der Waals surface area contributed by atoms with Crippen molar-refractivity contribution in [3.63, 3.8) is 0 Å². The Bertz CT molecular complexity index is 1070. The lowest BCUT2D eigenvalue weighted by Gasteiger charge is -2.14. The predicted octanol–water partition coefficient (Wildman–Crippen LogP) is 4.70. The molecule has 0 aliphatic carbocycles. The van der Waals surface area contributed by atoms with Crippen molar-refractivity contribution in [1.29, 1.82) is 0 Å². The lowest BCUT2D eigenvalue weighted by molar-refractivity contribution is 0.0940. The molecular weight excluding hydrogens is 404 g/mol. The molecule has 0 spiro atoms. The Balaban J connectivity index is 1.67. The van der Waals surface area contributed by atoms with Crippen molar-refractivity contribution in [2.24, 2.45) is 0 Å². The van der Waals surface area contributed by atoms with Crippen LogP contribution in [-0.2, 0) is 10.0 Å². The molecule has 0 unspecified atom stereocenters. The highest BCUT2D eigenvalue weighted by molar-refractivity contribution is 7.98. The topological polar surface area (TPSA) is 75.3 Å². The van der Waals surface area contributed by atoms with Crippen LogP contribution in [0, 0.1) is 0 Å². The first-order chi connectivity index (χ1) is 13.9. The van der Waals surface area contributed by atoms with Crippen LogP contribution in [0.3, 0.4) is 0 Å². The van der Waals surface area contributed by atoms with Gasteiger partial charge < -0.3 is 5.32 Å². The number of amides is 1. The third-order valence-corrected chi connectivity index (χ3v) is 6.56. The summed E-state index contributed by atoms with van der Waals surface area (Å²) in [6, 6.07) is 22.6. The SMILES string of the molecule is CSc1ccc(S(=O)(=O)Nc2ccc(C(=O)N[C@H](C)c3ccccc3)cc2)cc1. The molecule has 0 saturated carbocycles. The van der Waals surface area contributed by atoms with E-state index < -0.39 is 10.0 Å². The smallest absolute Gasteiger partial charge is 0.261 e. The van der Waals surface area contributed by atoms with Crippen LogP contribution in [0.25, 0.3) is 0 Å². The van der Waals surface area contributed by atoms with Gasteiger partial charge in [-0.15, -0.1) is 11.8 Å². The van der Waals surface area contributed by atoms with Crippen LogP contribution in [0.5, 0.6) is 0 Å². The molecule has 5 nitrogen and oxygen atoms in total. The van der Waals surface area contributed by atoms with Gasteiger partial charge in [0.05, 0.1) is 10.9 Å². The zero-order valence-electron chi connectivity index (χ0n) is 16.1. The zero-order valence-corrected chi connectivity index (χ0v) is 17.8. The number of rotatable bonds is 7. The van der Waals surface area contributed by atoms with E-state index in [9.17, 15) is 13.2 Å². The van der Waals surface area contributed by atoms with Crippen LogP contribution in [0.2, 0.25) is 0 Å². The Labute approximate surface area is 175 Å². The van der Waals surface area contributed by atoms with Gasteiger partial charge in [-0.3, -0.25) is 9.52 Å². The van der Waals surface area contributed by atoms with Crippen LogP contribution in [0.1, 0.15) is 28.9 Å². The van der Waals surface area contributed by atoms with E-state index in [1.165, 1.54) is 0 Å². The Kier molecular flexibility index (Phi) is 6.61. The molecule has 0 bridgehead atoms. The number of benzene rings is 3. The lowest BCUT2D eigenvalue weighted by atomic mass is 10.1. The third-order valence-electron chi connectivity index (χ3n) is 4.42. The molecule has 0 heterocycles. The number of hydrogen-bond donors (Lipinski definition) is 2. The molecule has 0 aliphatic heterocycles. The molecule has 3 aromatic carbocycles. The predicted molar refractivity (Wildman–Crippen MR) is 118 cm³/mol. The second-order valence-electron chi connectivity index (χ2n) is 6.46. The van der Waals surface area contributed by atoms with E-state index in [-0.39, 0.29) is 16.8 Å². The van der Waals surface area contributed by atoms with E-state index in [0.29, 0.717) is 11.3 Å². The largest absolute Gasteiger partial charge is 0.346 e. The summed E-state index contributed by atoms with van der Waals surface area (Å²) in [6.07, 6.45) is 1.93. The Hall–Kier alpha value is -2.77. The van der Waals surface area contributed by atoms with Gasteiger partial charge in [0.2, 0.25) is 0 Å². The second kappa shape index (κ2) is 9.15. The van der Waals surface area contributed by atoms with Crippen molar-refractivity contribution in [3.8, 4) is 0 Å². The molecule has 150 valence electrons. The highest BCUT2D eigenvalue weighted by atomic mass is 32.2. The van der Waals surface area contributed by atoms with Gasteiger partial charge in [-0.05, 0) is 67.3 Å². The summed E-state index contributed by atoms with van der Waals surface area (Å²) in [6.45, 7) is 1.91. The molecule has 1 atom stereocenters. The minimum absolute atomic E-state index is 0.133. The quantitative estimate of drug-likeness (QED) is 0.537. The molecule has 3 rings (SSSR count). The van der Waals surface area contributed by atoms with Gasteiger partial charge >= 0.3 is 0 Å². The normalized spacial score (nSPS) is 12.2. The minimum Gasteiger partial charge on any atom is -0.346 e. The number of sulfonamides is 1. The Morgan fingerprint density at radius 2 is 1.52 bits per heavy atom. The Morgan fingerprint density at radius 3 is 2.10 bits per heavy atom. The van der Waals surface area contributed by atoms with E-state index in [2.05, 4.69) is 10.0 Å². The summed E-state index contributed by atoms with van der Waals surface area (Å²) in [5.41, 5.74) is 1.87. The molecule has 0 aromatic heterocycles.